The fourth-order valence-electron chi connectivity index (χ4n) is 3.05. The van der Waals surface area contributed by atoms with E-state index in [1.165, 1.54) is 4.90 Å². The van der Waals surface area contributed by atoms with Crippen molar-refractivity contribution in [3.63, 3.8) is 0 Å². The van der Waals surface area contributed by atoms with E-state index in [0.717, 1.165) is 18.4 Å². The van der Waals surface area contributed by atoms with Crippen LogP contribution in [0.15, 0.2) is 30.3 Å². The standard InChI is InChI=1S/C20H28N2O3/c1-19(2,3)25-18(23)22(4)20(15-21)12-10-17(11-13-20)24-14-16-8-6-5-7-9-16/h5-9,17H,10-14H2,1-4H3. The van der Waals surface area contributed by atoms with E-state index in [4.69, 9.17) is 9.47 Å². The number of amides is 1. The number of nitrogens with zero attached hydrogens (tertiary/aromatic N) is 2. The van der Waals surface area contributed by atoms with Crippen LogP contribution in [-0.2, 0) is 16.1 Å². The van der Waals surface area contributed by atoms with Gasteiger partial charge in [-0.3, -0.25) is 4.90 Å². The van der Waals surface area contributed by atoms with Crippen LogP contribution < -0.4 is 0 Å². The van der Waals surface area contributed by atoms with Crippen molar-refractivity contribution in [1.29, 1.82) is 5.26 Å². The van der Waals surface area contributed by atoms with E-state index in [2.05, 4.69) is 6.07 Å². The third-order valence-corrected chi connectivity index (χ3v) is 4.61. The van der Waals surface area contributed by atoms with Crippen molar-refractivity contribution >= 4 is 6.09 Å². The van der Waals surface area contributed by atoms with Gasteiger partial charge in [-0.1, -0.05) is 30.3 Å². The summed E-state index contributed by atoms with van der Waals surface area (Å²) in [5.74, 6) is 0. The fraction of sp³-hybridized carbons (Fsp3) is 0.600. The van der Waals surface area contributed by atoms with Crippen LogP contribution in [0.2, 0.25) is 0 Å². The molecule has 0 N–H and O–H groups in total. The molecule has 1 aliphatic rings. The molecule has 136 valence electrons. The third-order valence-electron chi connectivity index (χ3n) is 4.61. The second-order valence-electron chi connectivity index (χ2n) is 7.68. The van der Waals surface area contributed by atoms with E-state index >= 15 is 0 Å². The number of benzene rings is 1. The summed E-state index contributed by atoms with van der Waals surface area (Å²) in [7, 11) is 1.66. The van der Waals surface area contributed by atoms with Gasteiger partial charge >= 0.3 is 6.09 Å². The molecule has 5 nitrogen and oxygen atoms in total. The van der Waals surface area contributed by atoms with Crippen LogP contribution in [0, 0.1) is 11.3 Å². The Hall–Kier alpha value is -2.06. The summed E-state index contributed by atoms with van der Waals surface area (Å²) in [5, 5.41) is 9.71. The molecule has 1 amide bonds. The number of rotatable bonds is 4. The molecule has 0 atom stereocenters. The molecule has 1 aliphatic carbocycles. The largest absolute Gasteiger partial charge is 0.444 e. The molecule has 1 saturated carbocycles. The molecular weight excluding hydrogens is 316 g/mol. The molecule has 0 radical (unpaired) electrons. The van der Waals surface area contributed by atoms with Crippen molar-refractivity contribution in [2.45, 2.75) is 70.3 Å². The summed E-state index contributed by atoms with van der Waals surface area (Å²) >= 11 is 0. The summed E-state index contributed by atoms with van der Waals surface area (Å²) in [6, 6.07) is 12.4. The van der Waals surface area contributed by atoms with Crippen molar-refractivity contribution in [2.75, 3.05) is 7.05 Å². The first-order valence-corrected chi connectivity index (χ1v) is 8.79. The van der Waals surface area contributed by atoms with Gasteiger partial charge in [0.2, 0.25) is 0 Å². The predicted molar refractivity (Wildman–Crippen MR) is 95.8 cm³/mol. The van der Waals surface area contributed by atoms with E-state index in [1.54, 1.807) is 7.05 Å². The maximum absolute atomic E-state index is 12.3. The molecule has 0 aromatic heterocycles. The van der Waals surface area contributed by atoms with Gasteiger partial charge in [0.25, 0.3) is 0 Å². The van der Waals surface area contributed by atoms with Gasteiger partial charge in [0.1, 0.15) is 11.1 Å². The van der Waals surface area contributed by atoms with Crippen molar-refractivity contribution < 1.29 is 14.3 Å². The number of hydrogen-bond acceptors (Lipinski definition) is 4. The number of carbonyl (C=O) groups excluding carboxylic acids is 1. The van der Waals surface area contributed by atoms with Gasteiger partial charge in [-0.05, 0) is 52.0 Å². The Morgan fingerprint density at radius 3 is 2.40 bits per heavy atom. The minimum absolute atomic E-state index is 0.119. The van der Waals surface area contributed by atoms with Crippen molar-refractivity contribution in [3.05, 3.63) is 35.9 Å². The zero-order valence-corrected chi connectivity index (χ0v) is 15.6. The smallest absolute Gasteiger partial charge is 0.411 e. The topological polar surface area (TPSA) is 62.6 Å². The first-order valence-electron chi connectivity index (χ1n) is 8.79. The van der Waals surface area contributed by atoms with Crippen molar-refractivity contribution in [3.8, 4) is 6.07 Å². The van der Waals surface area contributed by atoms with Gasteiger partial charge in [0, 0.05) is 7.05 Å². The van der Waals surface area contributed by atoms with Crippen molar-refractivity contribution in [2.24, 2.45) is 0 Å². The Morgan fingerprint density at radius 2 is 1.88 bits per heavy atom. The first kappa shape index (κ1) is 19.3. The average Bonchev–Trinajstić information content (AvgIpc) is 2.59. The Morgan fingerprint density at radius 1 is 1.28 bits per heavy atom. The summed E-state index contributed by atoms with van der Waals surface area (Å²) in [6.07, 6.45) is 2.38. The highest BCUT2D eigenvalue weighted by Crippen LogP contribution is 2.35. The maximum atomic E-state index is 12.3. The van der Waals surface area contributed by atoms with Crippen LogP contribution in [0.1, 0.15) is 52.0 Å². The lowest BCUT2D eigenvalue weighted by Gasteiger charge is -2.41. The lowest BCUT2D eigenvalue weighted by molar-refractivity contribution is -0.0249. The second kappa shape index (κ2) is 7.88. The van der Waals surface area contributed by atoms with E-state index in [9.17, 15) is 10.1 Å². The van der Waals surface area contributed by atoms with Gasteiger partial charge in [0.15, 0.2) is 0 Å². The first-order chi connectivity index (χ1) is 11.8. The molecular formula is C20H28N2O3. The van der Waals surface area contributed by atoms with Gasteiger partial charge in [-0.15, -0.1) is 0 Å². The molecule has 2 rings (SSSR count). The normalized spacial score (nSPS) is 23.6. The predicted octanol–water partition coefficient (Wildman–Crippen LogP) is 4.28. The monoisotopic (exact) mass is 344 g/mol. The van der Waals surface area contributed by atoms with Gasteiger partial charge in [-0.2, -0.15) is 5.26 Å². The number of nitriles is 1. The van der Waals surface area contributed by atoms with Gasteiger partial charge < -0.3 is 9.47 Å². The molecule has 0 aliphatic heterocycles. The lowest BCUT2D eigenvalue weighted by Crippen LogP contribution is -2.52. The Balaban J connectivity index is 1.90. The van der Waals surface area contributed by atoms with Crippen LogP contribution >= 0.6 is 0 Å². The van der Waals surface area contributed by atoms with E-state index in [0.29, 0.717) is 19.4 Å². The Bertz CT molecular complexity index is 608. The molecule has 25 heavy (non-hydrogen) atoms. The zero-order chi connectivity index (χ0) is 18.5. The van der Waals surface area contributed by atoms with Crippen LogP contribution in [-0.4, -0.2) is 35.3 Å². The Kier molecular flexibility index (Phi) is 6.07. The quantitative estimate of drug-likeness (QED) is 0.818. The highest BCUT2D eigenvalue weighted by atomic mass is 16.6. The number of carbonyl (C=O) groups is 1. The molecule has 0 saturated heterocycles. The molecule has 0 heterocycles. The summed E-state index contributed by atoms with van der Waals surface area (Å²) in [6.45, 7) is 6.05. The van der Waals surface area contributed by atoms with E-state index in [1.807, 2.05) is 51.1 Å². The van der Waals surface area contributed by atoms with Crippen LogP contribution in [0.3, 0.4) is 0 Å². The third kappa shape index (κ3) is 5.20. The molecule has 1 fully saturated rings. The highest BCUT2D eigenvalue weighted by Gasteiger charge is 2.43. The molecule has 0 unspecified atom stereocenters. The molecule has 1 aromatic carbocycles. The van der Waals surface area contributed by atoms with Gasteiger partial charge in [0.05, 0.1) is 18.8 Å². The summed E-state index contributed by atoms with van der Waals surface area (Å²) in [4.78, 5) is 13.8. The van der Waals surface area contributed by atoms with Gasteiger partial charge in [-0.25, -0.2) is 4.79 Å². The molecule has 5 heteroatoms. The number of hydrogen-bond donors (Lipinski definition) is 0. The SMILES string of the molecule is CN(C(=O)OC(C)(C)C)C1(C#N)CCC(OCc2ccccc2)CC1. The van der Waals surface area contributed by atoms with Crippen molar-refractivity contribution in [1.82, 2.24) is 4.90 Å². The van der Waals surface area contributed by atoms with Crippen LogP contribution in [0.5, 0.6) is 0 Å². The summed E-state index contributed by atoms with van der Waals surface area (Å²) in [5.41, 5.74) is -0.238. The minimum Gasteiger partial charge on any atom is -0.444 e. The molecule has 1 aromatic rings. The minimum atomic E-state index is -0.811. The molecule has 0 spiro atoms. The lowest BCUT2D eigenvalue weighted by atomic mass is 9.80. The average molecular weight is 344 g/mol. The Labute approximate surface area is 150 Å². The van der Waals surface area contributed by atoms with Crippen LogP contribution in [0.4, 0.5) is 4.79 Å². The summed E-state index contributed by atoms with van der Waals surface area (Å²) < 4.78 is 11.4. The number of ether oxygens (including phenoxy) is 2. The fourth-order valence-corrected chi connectivity index (χ4v) is 3.05. The van der Waals surface area contributed by atoms with Crippen LogP contribution in [0.25, 0.3) is 0 Å². The maximum Gasteiger partial charge on any atom is 0.411 e. The second-order valence-corrected chi connectivity index (χ2v) is 7.68. The highest BCUT2D eigenvalue weighted by molar-refractivity contribution is 5.69. The van der Waals surface area contributed by atoms with E-state index in [-0.39, 0.29) is 6.10 Å². The molecule has 0 bridgehead atoms. The van der Waals surface area contributed by atoms with E-state index < -0.39 is 17.2 Å². The zero-order valence-electron chi connectivity index (χ0n) is 15.6.